The van der Waals surface area contributed by atoms with Gasteiger partial charge >= 0.3 is 0 Å². The van der Waals surface area contributed by atoms with Crippen LogP contribution in [-0.4, -0.2) is 20.1 Å². The van der Waals surface area contributed by atoms with Gasteiger partial charge in [0.1, 0.15) is 11.5 Å². The van der Waals surface area contributed by atoms with Gasteiger partial charge in [0.15, 0.2) is 0 Å². The van der Waals surface area contributed by atoms with Gasteiger partial charge in [-0.3, -0.25) is 4.79 Å². The Bertz CT molecular complexity index is 734. The first kappa shape index (κ1) is 18.4. The van der Waals surface area contributed by atoms with Gasteiger partial charge in [-0.1, -0.05) is 36.2 Å². The molecule has 0 aliphatic carbocycles. The van der Waals surface area contributed by atoms with E-state index in [0.717, 1.165) is 5.56 Å². The van der Waals surface area contributed by atoms with E-state index in [0.29, 0.717) is 33.7 Å². The van der Waals surface area contributed by atoms with Gasteiger partial charge in [-0.2, -0.15) is 0 Å². The number of methoxy groups -OCH3 is 2. The SMILES string of the molecule is COc1ccc(C(C)CC(=O)Nc2ccc(Cl)c(Cl)c2)c(OC)c1. The second-order valence-electron chi connectivity index (χ2n) is 5.39. The fourth-order valence-corrected chi connectivity index (χ4v) is 2.70. The number of halogens is 2. The molecule has 1 amide bonds. The van der Waals surface area contributed by atoms with Gasteiger partial charge in [0.25, 0.3) is 0 Å². The molecule has 0 spiro atoms. The lowest BCUT2D eigenvalue weighted by atomic mass is 9.96. The number of ether oxygens (including phenoxy) is 2. The minimum absolute atomic E-state index is 0.0198. The summed E-state index contributed by atoms with van der Waals surface area (Å²) in [6.45, 7) is 1.97. The molecule has 0 saturated carbocycles. The van der Waals surface area contributed by atoms with Gasteiger partial charge in [0.2, 0.25) is 5.91 Å². The van der Waals surface area contributed by atoms with E-state index in [-0.39, 0.29) is 11.8 Å². The number of hydrogen-bond acceptors (Lipinski definition) is 3. The first-order valence-electron chi connectivity index (χ1n) is 7.41. The zero-order valence-corrected chi connectivity index (χ0v) is 15.2. The van der Waals surface area contributed by atoms with Gasteiger partial charge in [0, 0.05) is 18.2 Å². The minimum atomic E-state index is -0.112. The monoisotopic (exact) mass is 367 g/mol. The minimum Gasteiger partial charge on any atom is -0.497 e. The highest BCUT2D eigenvalue weighted by Crippen LogP contribution is 2.32. The fraction of sp³-hybridized carbons (Fsp3) is 0.278. The molecule has 0 aliphatic heterocycles. The van der Waals surface area contributed by atoms with Crippen molar-refractivity contribution < 1.29 is 14.3 Å². The molecule has 0 bridgehead atoms. The maximum Gasteiger partial charge on any atom is 0.224 e. The Balaban J connectivity index is 2.07. The molecule has 0 aromatic heterocycles. The maximum atomic E-state index is 12.3. The molecule has 1 unspecified atom stereocenters. The van der Waals surface area contributed by atoms with E-state index >= 15 is 0 Å². The Kier molecular flexibility index (Phi) is 6.35. The predicted molar refractivity (Wildman–Crippen MR) is 97.7 cm³/mol. The summed E-state index contributed by atoms with van der Waals surface area (Å²) in [5, 5.41) is 3.68. The summed E-state index contributed by atoms with van der Waals surface area (Å²) in [6.07, 6.45) is 0.308. The van der Waals surface area contributed by atoms with Crippen LogP contribution in [0.4, 0.5) is 5.69 Å². The number of amides is 1. The summed E-state index contributed by atoms with van der Waals surface area (Å²) in [6, 6.07) is 10.6. The molecular formula is C18H19Cl2NO3. The Labute approximate surface area is 151 Å². The predicted octanol–water partition coefficient (Wildman–Crippen LogP) is 5.14. The lowest BCUT2D eigenvalue weighted by molar-refractivity contribution is -0.116. The van der Waals surface area contributed by atoms with Crippen LogP contribution in [0.2, 0.25) is 10.0 Å². The molecule has 6 heteroatoms. The van der Waals surface area contributed by atoms with Crippen LogP contribution in [0.15, 0.2) is 36.4 Å². The second-order valence-corrected chi connectivity index (χ2v) is 6.20. The largest absolute Gasteiger partial charge is 0.497 e. The van der Waals surface area contributed by atoms with E-state index in [1.807, 2.05) is 25.1 Å². The highest BCUT2D eigenvalue weighted by Gasteiger charge is 2.16. The molecule has 0 fully saturated rings. The number of nitrogens with one attached hydrogen (secondary N) is 1. The van der Waals surface area contributed by atoms with E-state index in [1.165, 1.54) is 0 Å². The zero-order valence-electron chi connectivity index (χ0n) is 13.7. The summed E-state index contributed by atoms with van der Waals surface area (Å²) in [5.41, 5.74) is 1.56. The summed E-state index contributed by atoms with van der Waals surface area (Å²) in [7, 11) is 3.20. The highest BCUT2D eigenvalue weighted by atomic mass is 35.5. The summed E-state index contributed by atoms with van der Waals surface area (Å²) in [4.78, 5) is 12.3. The number of rotatable bonds is 6. The molecule has 128 valence electrons. The molecular weight excluding hydrogens is 349 g/mol. The van der Waals surface area contributed by atoms with Crippen molar-refractivity contribution in [3.8, 4) is 11.5 Å². The zero-order chi connectivity index (χ0) is 17.7. The van der Waals surface area contributed by atoms with E-state index < -0.39 is 0 Å². The van der Waals surface area contributed by atoms with Gasteiger partial charge in [-0.05, 0) is 35.7 Å². The topological polar surface area (TPSA) is 47.6 Å². The van der Waals surface area contributed by atoms with Gasteiger partial charge in [-0.15, -0.1) is 0 Å². The number of carbonyl (C=O) groups is 1. The molecule has 0 aliphatic rings. The van der Waals surface area contributed by atoms with E-state index in [2.05, 4.69) is 5.32 Å². The Morgan fingerprint density at radius 2 is 1.83 bits per heavy atom. The smallest absolute Gasteiger partial charge is 0.224 e. The van der Waals surface area contributed by atoms with Crippen LogP contribution in [-0.2, 0) is 4.79 Å². The van der Waals surface area contributed by atoms with Crippen LogP contribution in [0.3, 0.4) is 0 Å². The Hall–Kier alpha value is -1.91. The van der Waals surface area contributed by atoms with E-state index in [4.69, 9.17) is 32.7 Å². The standard InChI is InChI=1S/C18H19Cl2NO3/c1-11(14-6-5-13(23-2)10-17(14)24-3)8-18(22)21-12-4-7-15(19)16(20)9-12/h4-7,9-11H,8H2,1-3H3,(H,21,22). The third-order valence-electron chi connectivity index (χ3n) is 3.67. The first-order chi connectivity index (χ1) is 11.4. The Morgan fingerprint density at radius 1 is 1.08 bits per heavy atom. The average Bonchev–Trinajstić information content (AvgIpc) is 2.57. The Morgan fingerprint density at radius 3 is 2.46 bits per heavy atom. The van der Waals surface area contributed by atoms with E-state index in [9.17, 15) is 4.79 Å². The van der Waals surface area contributed by atoms with Crippen LogP contribution in [0.5, 0.6) is 11.5 Å². The third-order valence-corrected chi connectivity index (χ3v) is 4.41. The molecule has 0 heterocycles. The normalized spacial score (nSPS) is 11.7. The molecule has 2 aromatic rings. The van der Waals surface area contributed by atoms with Crippen molar-refractivity contribution in [2.45, 2.75) is 19.3 Å². The van der Waals surface area contributed by atoms with Crippen molar-refractivity contribution in [3.05, 3.63) is 52.0 Å². The van der Waals surface area contributed by atoms with Crippen molar-refractivity contribution in [1.29, 1.82) is 0 Å². The first-order valence-corrected chi connectivity index (χ1v) is 8.17. The van der Waals surface area contributed by atoms with Crippen molar-refractivity contribution in [2.24, 2.45) is 0 Å². The second kappa shape index (κ2) is 8.27. The van der Waals surface area contributed by atoms with Gasteiger partial charge in [-0.25, -0.2) is 0 Å². The molecule has 0 radical (unpaired) electrons. The summed E-state index contributed by atoms with van der Waals surface area (Å²) >= 11 is 11.8. The number of anilines is 1. The fourth-order valence-electron chi connectivity index (χ4n) is 2.40. The molecule has 24 heavy (non-hydrogen) atoms. The summed E-state index contributed by atoms with van der Waals surface area (Å²) < 4.78 is 10.6. The summed E-state index contributed by atoms with van der Waals surface area (Å²) in [5.74, 6) is 1.28. The molecule has 1 atom stereocenters. The van der Waals surface area contributed by atoms with Crippen LogP contribution >= 0.6 is 23.2 Å². The van der Waals surface area contributed by atoms with Gasteiger partial charge in [0.05, 0.1) is 24.3 Å². The molecule has 0 saturated heterocycles. The van der Waals surface area contributed by atoms with Crippen LogP contribution in [0, 0.1) is 0 Å². The number of benzene rings is 2. The van der Waals surface area contributed by atoms with E-state index in [1.54, 1.807) is 32.4 Å². The molecule has 2 rings (SSSR count). The van der Waals surface area contributed by atoms with Crippen LogP contribution in [0.1, 0.15) is 24.8 Å². The third kappa shape index (κ3) is 4.56. The maximum absolute atomic E-state index is 12.3. The number of carbonyl (C=O) groups excluding carboxylic acids is 1. The van der Waals surface area contributed by atoms with Crippen LogP contribution < -0.4 is 14.8 Å². The molecule has 1 N–H and O–H groups in total. The van der Waals surface area contributed by atoms with Crippen molar-refractivity contribution in [1.82, 2.24) is 0 Å². The van der Waals surface area contributed by atoms with Crippen molar-refractivity contribution >= 4 is 34.8 Å². The lowest BCUT2D eigenvalue weighted by Gasteiger charge is -2.16. The van der Waals surface area contributed by atoms with Crippen molar-refractivity contribution in [2.75, 3.05) is 19.5 Å². The van der Waals surface area contributed by atoms with Crippen molar-refractivity contribution in [3.63, 3.8) is 0 Å². The molecule has 2 aromatic carbocycles. The lowest BCUT2D eigenvalue weighted by Crippen LogP contribution is -2.14. The van der Waals surface area contributed by atoms with Gasteiger partial charge < -0.3 is 14.8 Å². The van der Waals surface area contributed by atoms with Crippen LogP contribution in [0.25, 0.3) is 0 Å². The highest BCUT2D eigenvalue weighted by molar-refractivity contribution is 6.42. The average molecular weight is 368 g/mol. The number of hydrogen-bond donors (Lipinski definition) is 1. The molecule has 4 nitrogen and oxygen atoms in total. The quantitative estimate of drug-likeness (QED) is 0.768.